The summed E-state index contributed by atoms with van der Waals surface area (Å²) in [5.74, 6) is -2.17. The molecule has 1 aliphatic rings. The third kappa shape index (κ3) is 9.64. The van der Waals surface area contributed by atoms with Crippen molar-refractivity contribution in [3.05, 3.63) is 119 Å². The lowest BCUT2D eigenvalue weighted by molar-refractivity contribution is -0.134. The first kappa shape index (κ1) is 33.6. The second-order valence-electron chi connectivity index (χ2n) is 12.0. The summed E-state index contributed by atoms with van der Waals surface area (Å²) in [5, 5.41) is 14.5. The Kier molecular flexibility index (Phi) is 11.6. The fourth-order valence-electron chi connectivity index (χ4n) is 5.87. The van der Waals surface area contributed by atoms with Gasteiger partial charge in [-0.15, -0.1) is 0 Å². The zero-order chi connectivity index (χ0) is 33.2. The van der Waals surface area contributed by atoms with E-state index in [-0.39, 0.29) is 31.1 Å². The third-order valence-corrected chi connectivity index (χ3v) is 8.78. The molecule has 10 heteroatoms. The van der Waals surface area contributed by atoms with E-state index in [0.29, 0.717) is 17.9 Å². The van der Waals surface area contributed by atoms with E-state index in [2.05, 4.69) is 21.3 Å². The molecule has 47 heavy (non-hydrogen) atoms. The van der Waals surface area contributed by atoms with Crippen molar-refractivity contribution in [3.63, 3.8) is 0 Å². The summed E-state index contributed by atoms with van der Waals surface area (Å²) in [6.45, 7) is 1.46. The second kappa shape index (κ2) is 16.2. The van der Waals surface area contributed by atoms with Crippen LogP contribution >= 0.6 is 11.6 Å². The number of primary amides is 1. The molecule has 0 aliphatic carbocycles. The molecule has 0 saturated carbocycles. The van der Waals surface area contributed by atoms with Crippen molar-refractivity contribution in [2.24, 2.45) is 11.7 Å². The molecule has 4 aromatic rings. The van der Waals surface area contributed by atoms with Crippen LogP contribution in [-0.2, 0) is 38.4 Å². The number of amides is 4. The highest BCUT2D eigenvalue weighted by Gasteiger charge is 2.31. The Balaban J connectivity index is 1.39. The Hall–Kier alpha value is -4.73. The van der Waals surface area contributed by atoms with Crippen LogP contribution in [0.4, 0.5) is 0 Å². The van der Waals surface area contributed by atoms with Gasteiger partial charge in [-0.3, -0.25) is 19.2 Å². The molecule has 244 valence electrons. The van der Waals surface area contributed by atoms with Gasteiger partial charge in [-0.2, -0.15) is 0 Å². The Bertz CT molecular complexity index is 1690. The highest BCUT2D eigenvalue weighted by atomic mass is 35.5. The normalized spacial score (nSPS) is 15.3. The fraction of sp³-hybridized carbons (Fsp3) is 0.297. The smallest absolute Gasteiger partial charge is 0.243 e. The molecule has 1 fully saturated rings. The first-order valence-electron chi connectivity index (χ1n) is 15.9. The SMILES string of the molecule is NC(=O)C(Cc1ccccc1)NC(=O)C(Cc1ccc(Cl)cc1)NC(=O)[C@@H](Cc1ccc2ccccc2c1)NC(=O)C1CCNCC1. The summed E-state index contributed by atoms with van der Waals surface area (Å²) in [4.78, 5) is 53.7. The van der Waals surface area contributed by atoms with Crippen LogP contribution in [0.2, 0.25) is 5.02 Å². The highest BCUT2D eigenvalue weighted by molar-refractivity contribution is 6.30. The number of nitrogens with one attached hydrogen (secondary N) is 4. The van der Waals surface area contributed by atoms with E-state index >= 15 is 0 Å². The number of benzene rings is 4. The molecule has 3 atom stereocenters. The largest absolute Gasteiger partial charge is 0.368 e. The van der Waals surface area contributed by atoms with E-state index < -0.39 is 35.8 Å². The van der Waals surface area contributed by atoms with Crippen molar-refractivity contribution < 1.29 is 19.2 Å². The maximum atomic E-state index is 14.1. The van der Waals surface area contributed by atoms with Gasteiger partial charge in [-0.1, -0.05) is 96.5 Å². The standard InChI is InChI=1S/C37H40ClN5O4/c38-30-14-11-25(12-15-30)22-32(36(46)41-31(34(39)44)21-24-6-2-1-3-7-24)43-37(47)33(42-35(45)28-16-18-40-19-17-28)23-26-10-13-27-8-4-5-9-29(27)20-26/h1-15,20,28,31-33,40H,16-19,21-23H2,(H2,39,44)(H,41,46)(H,42,45)(H,43,47)/t31?,32?,33-/m1/s1. The Labute approximate surface area is 279 Å². The van der Waals surface area contributed by atoms with E-state index in [9.17, 15) is 19.2 Å². The van der Waals surface area contributed by atoms with E-state index in [1.807, 2.05) is 72.8 Å². The number of piperidine rings is 1. The Morgan fingerprint density at radius 2 is 1.19 bits per heavy atom. The van der Waals surface area contributed by atoms with Crippen LogP contribution in [0.25, 0.3) is 10.8 Å². The highest BCUT2D eigenvalue weighted by Crippen LogP contribution is 2.18. The molecule has 2 unspecified atom stereocenters. The van der Waals surface area contributed by atoms with Crippen molar-refractivity contribution in [1.29, 1.82) is 0 Å². The molecular weight excluding hydrogens is 614 g/mol. The summed E-state index contributed by atoms with van der Waals surface area (Å²) in [6.07, 6.45) is 1.89. The molecule has 4 amide bonds. The number of carbonyl (C=O) groups is 4. The minimum Gasteiger partial charge on any atom is -0.368 e. The lowest BCUT2D eigenvalue weighted by atomic mass is 9.95. The predicted octanol–water partition coefficient (Wildman–Crippen LogP) is 3.46. The quantitative estimate of drug-likeness (QED) is 0.150. The first-order valence-corrected chi connectivity index (χ1v) is 16.3. The topological polar surface area (TPSA) is 142 Å². The number of halogens is 1. The summed E-state index contributed by atoms with van der Waals surface area (Å²) in [6, 6.07) is 27.0. The zero-order valence-electron chi connectivity index (χ0n) is 26.1. The maximum absolute atomic E-state index is 14.1. The molecular formula is C37H40ClN5O4. The molecule has 9 nitrogen and oxygen atoms in total. The van der Waals surface area contributed by atoms with Crippen LogP contribution in [0.5, 0.6) is 0 Å². The number of nitrogens with two attached hydrogens (primary N) is 1. The molecule has 1 saturated heterocycles. The fourth-order valence-corrected chi connectivity index (χ4v) is 5.99. The average molecular weight is 654 g/mol. The average Bonchev–Trinajstić information content (AvgIpc) is 3.09. The van der Waals surface area contributed by atoms with Crippen molar-refractivity contribution in [2.45, 2.75) is 50.2 Å². The minimum absolute atomic E-state index is 0.122. The lowest BCUT2D eigenvalue weighted by Crippen LogP contribution is -2.58. The van der Waals surface area contributed by atoms with Gasteiger partial charge in [-0.05, 0) is 65.5 Å². The van der Waals surface area contributed by atoms with E-state index in [0.717, 1.165) is 40.6 Å². The molecule has 1 aliphatic heterocycles. The van der Waals surface area contributed by atoms with Crippen molar-refractivity contribution in [3.8, 4) is 0 Å². The van der Waals surface area contributed by atoms with Crippen LogP contribution < -0.4 is 27.0 Å². The number of rotatable bonds is 13. The van der Waals surface area contributed by atoms with Gasteiger partial charge >= 0.3 is 0 Å². The molecule has 0 aromatic heterocycles. The molecule has 0 radical (unpaired) electrons. The van der Waals surface area contributed by atoms with Crippen LogP contribution in [0.1, 0.15) is 29.5 Å². The summed E-state index contributed by atoms with van der Waals surface area (Å²) in [7, 11) is 0. The van der Waals surface area contributed by atoms with Crippen molar-refractivity contribution in [2.75, 3.05) is 13.1 Å². The molecule has 6 N–H and O–H groups in total. The molecule has 1 heterocycles. The Morgan fingerprint density at radius 1 is 0.660 bits per heavy atom. The summed E-state index contributed by atoms with van der Waals surface area (Å²) in [5.41, 5.74) is 8.13. The van der Waals surface area contributed by atoms with Gasteiger partial charge in [0, 0.05) is 30.2 Å². The van der Waals surface area contributed by atoms with Gasteiger partial charge in [0.15, 0.2) is 0 Å². The number of fused-ring (bicyclic) bond motifs is 1. The maximum Gasteiger partial charge on any atom is 0.243 e. The summed E-state index contributed by atoms with van der Waals surface area (Å²) >= 11 is 6.10. The zero-order valence-corrected chi connectivity index (χ0v) is 26.8. The van der Waals surface area contributed by atoms with Gasteiger partial charge < -0.3 is 27.0 Å². The molecule has 0 spiro atoms. The van der Waals surface area contributed by atoms with Crippen LogP contribution in [0.15, 0.2) is 97.1 Å². The number of hydrogen-bond acceptors (Lipinski definition) is 5. The molecule has 5 rings (SSSR count). The molecule has 0 bridgehead atoms. The second-order valence-corrected chi connectivity index (χ2v) is 12.5. The van der Waals surface area contributed by atoms with Gasteiger partial charge in [0.1, 0.15) is 18.1 Å². The van der Waals surface area contributed by atoms with E-state index in [4.69, 9.17) is 17.3 Å². The van der Waals surface area contributed by atoms with Crippen LogP contribution in [0, 0.1) is 5.92 Å². The lowest BCUT2D eigenvalue weighted by Gasteiger charge is -2.27. The third-order valence-electron chi connectivity index (χ3n) is 8.53. The number of carbonyl (C=O) groups excluding carboxylic acids is 4. The monoisotopic (exact) mass is 653 g/mol. The van der Waals surface area contributed by atoms with Crippen molar-refractivity contribution >= 4 is 46.0 Å². The van der Waals surface area contributed by atoms with Gasteiger partial charge in [-0.25, -0.2) is 0 Å². The van der Waals surface area contributed by atoms with E-state index in [1.54, 1.807) is 24.3 Å². The van der Waals surface area contributed by atoms with Crippen LogP contribution in [-0.4, -0.2) is 54.8 Å². The predicted molar refractivity (Wildman–Crippen MR) is 184 cm³/mol. The van der Waals surface area contributed by atoms with Crippen LogP contribution in [0.3, 0.4) is 0 Å². The van der Waals surface area contributed by atoms with Gasteiger partial charge in [0.05, 0.1) is 0 Å². The Morgan fingerprint density at radius 3 is 1.87 bits per heavy atom. The van der Waals surface area contributed by atoms with Gasteiger partial charge in [0.25, 0.3) is 0 Å². The van der Waals surface area contributed by atoms with Crippen molar-refractivity contribution in [1.82, 2.24) is 21.3 Å². The minimum atomic E-state index is -1.07. The summed E-state index contributed by atoms with van der Waals surface area (Å²) < 4.78 is 0. The number of hydrogen-bond donors (Lipinski definition) is 5. The van der Waals surface area contributed by atoms with Gasteiger partial charge in [0.2, 0.25) is 23.6 Å². The molecule has 4 aromatic carbocycles. The first-order chi connectivity index (χ1) is 22.7. The van der Waals surface area contributed by atoms with E-state index in [1.165, 1.54) is 0 Å².